The molecule has 10 heteroatoms. The second kappa shape index (κ2) is 7.18. The molecule has 1 unspecified atom stereocenters. The van der Waals surface area contributed by atoms with E-state index in [1.165, 1.54) is 18.2 Å². The number of hydroxylamine groups is 1. The molecule has 0 heterocycles. The van der Waals surface area contributed by atoms with E-state index in [9.17, 15) is 13.3 Å². The van der Waals surface area contributed by atoms with E-state index in [0.29, 0.717) is 0 Å². The number of hydrogen-bond acceptors (Lipinski definition) is 8. The fourth-order valence-electron chi connectivity index (χ4n) is 1.57. The molecule has 9 nitrogen and oxygen atoms in total. The van der Waals surface area contributed by atoms with E-state index in [-0.39, 0.29) is 15.6 Å². The van der Waals surface area contributed by atoms with E-state index < -0.39 is 31.7 Å². The number of nitrogens with one attached hydrogen (secondary N) is 1. The molecule has 1 amide bonds. The molecule has 0 fully saturated rings. The van der Waals surface area contributed by atoms with Gasteiger partial charge in [0.2, 0.25) is 0 Å². The Kier molecular flexibility index (Phi) is 6.01. The van der Waals surface area contributed by atoms with E-state index in [1.54, 1.807) is 20.8 Å². The number of nitrogen functional groups attached to an aromatic ring is 1. The number of anilines is 1. The van der Waals surface area contributed by atoms with E-state index in [1.807, 2.05) is 5.48 Å². The molecule has 1 aromatic rings. The molecule has 0 aromatic heterocycles. The SMILES string of the molecule is CC(=O)NO[As](=O)(OO)c1cccc(N)c1C(=O)OC(C)(C)C. The normalized spacial score (nSPS) is 14.0. The van der Waals surface area contributed by atoms with Gasteiger partial charge in [-0.05, 0) is 0 Å². The maximum atomic E-state index is 12.6. The number of benzene rings is 1. The summed E-state index contributed by atoms with van der Waals surface area (Å²) in [7, 11) is 0. The maximum absolute atomic E-state index is 12.6. The fourth-order valence-corrected chi connectivity index (χ4v) is 4.15. The number of esters is 1. The Hall–Kier alpha value is -1.80. The molecule has 0 saturated carbocycles. The molecule has 0 saturated heterocycles. The van der Waals surface area contributed by atoms with Crippen LogP contribution in [0.1, 0.15) is 38.1 Å². The van der Waals surface area contributed by atoms with Gasteiger partial charge in [-0.1, -0.05) is 0 Å². The molecule has 0 bridgehead atoms. The quantitative estimate of drug-likeness (QED) is 0.215. The summed E-state index contributed by atoms with van der Waals surface area (Å²) < 4.78 is 26.2. The van der Waals surface area contributed by atoms with Gasteiger partial charge in [0, 0.05) is 0 Å². The van der Waals surface area contributed by atoms with Crippen LogP contribution in [0.25, 0.3) is 0 Å². The summed E-state index contributed by atoms with van der Waals surface area (Å²) in [5.41, 5.74) is 6.45. The zero-order valence-electron chi connectivity index (χ0n) is 13.2. The fraction of sp³-hybridized carbons (Fsp3) is 0.385. The number of carbonyl (C=O) groups excluding carboxylic acids is 2. The first-order chi connectivity index (χ1) is 10.5. The zero-order chi connectivity index (χ0) is 17.8. The summed E-state index contributed by atoms with van der Waals surface area (Å²) in [6.07, 6.45) is 0. The van der Waals surface area contributed by atoms with Crippen molar-refractivity contribution in [1.82, 2.24) is 5.48 Å². The van der Waals surface area contributed by atoms with Crippen LogP contribution in [0.4, 0.5) is 5.69 Å². The third-order valence-corrected chi connectivity index (χ3v) is 5.56. The summed E-state index contributed by atoms with van der Waals surface area (Å²) >= 11 is -5.18. The molecule has 0 radical (unpaired) electrons. The van der Waals surface area contributed by atoms with Gasteiger partial charge >= 0.3 is 135 Å². The van der Waals surface area contributed by atoms with Gasteiger partial charge < -0.3 is 0 Å². The van der Waals surface area contributed by atoms with Crippen molar-refractivity contribution >= 4 is 36.1 Å². The van der Waals surface area contributed by atoms with E-state index in [2.05, 4.69) is 7.70 Å². The Morgan fingerprint density at radius 2 is 1.91 bits per heavy atom. The molecule has 1 atom stereocenters. The molecule has 0 aliphatic heterocycles. The third kappa shape index (κ3) is 5.11. The predicted octanol–water partition coefficient (Wildman–Crippen LogP) is 0.358. The zero-order valence-corrected chi connectivity index (χ0v) is 15.0. The topological polar surface area (TPSA) is 137 Å². The second-order valence-electron chi connectivity index (χ2n) is 5.57. The van der Waals surface area contributed by atoms with Gasteiger partial charge in [-0.2, -0.15) is 0 Å². The van der Waals surface area contributed by atoms with Gasteiger partial charge in [-0.15, -0.1) is 0 Å². The van der Waals surface area contributed by atoms with Gasteiger partial charge in [0.05, 0.1) is 0 Å². The number of amides is 1. The molecule has 0 spiro atoms. The van der Waals surface area contributed by atoms with Crippen LogP contribution >= 0.6 is 0 Å². The van der Waals surface area contributed by atoms with Crippen LogP contribution in [0.15, 0.2) is 18.2 Å². The molecule has 4 N–H and O–H groups in total. The summed E-state index contributed by atoms with van der Waals surface area (Å²) in [4.78, 5) is 23.2. The first-order valence-corrected chi connectivity index (χ1v) is 9.74. The first-order valence-electron chi connectivity index (χ1n) is 6.51. The summed E-state index contributed by atoms with van der Waals surface area (Å²) in [6, 6.07) is 4.01. The van der Waals surface area contributed by atoms with E-state index in [0.717, 1.165) is 6.92 Å². The van der Waals surface area contributed by atoms with Gasteiger partial charge in [0.25, 0.3) is 0 Å². The summed E-state index contributed by atoms with van der Waals surface area (Å²) in [5, 5.41) is 8.98. The van der Waals surface area contributed by atoms with Gasteiger partial charge in [-0.3, -0.25) is 0 Å². The van der Waals surface area contributed by atoms with Crippen molar-refractivity contribution < 1.29 is 31.0 Å². The molecular weight excluding hydrogens is 371 g/mol. The van der Waals surface area contributed by atoms with Crippen molar-refractivity contribution in [3.63, 3.8) is 0 Å². The molecule has 0 aliphatic rings. The number of rotatable bonds is 5. The minimum atomic E-state index is -5.18. The Labute approximate surface area is 136 Å². The minimum absolute atomic E-state index is 0.0399. The third-order valence-electron chi connectivity index (χ3n) is 2.39. The number of hydrogen-bond donors (Lipinski definition) is 3. The first kappa shape index (κ1) is 19.2. The monoisotopic (exact) mass is 390 g/mol. The van der Waals surface area contributed by atoms with Crippen molar-refractivity contribution in [2.75, 3.05) is 5.73 Å². The molecular formula is C13H19AsN2O7. The van der Waals surface area contributed by atoms with E-state index >= 15 is 0 Å². The number of ether oxygens (including phenoxy) is 1. The van der Waals surface area contributed by atoms with Gasteiger partial charge in [0.1, 0.15) is 0 Å². The Morgan fingerprint density at radius 3 is 2.39 bits per heavy atom. The Morgan fingerprint density at radius 1 is 1.30 bits per heavy atom. The summed E-state index contributed by atoms with van der Waals surface area (Å²) in [6.45, 7) is 6.03. The van der Waals surface area contributed by atoms with E-state index in [4.69, 9.17) is 15.7 Å². The van der Waals surface area contributed by atoms with Crippen LogP contribution in [-0.2, 0) is 21.0 Å². The van der Waals surface area contributed by atoms with Crippen LogP contribution in [0.5, 0.6) is 0 Å². The van der Waals surface area contributed by atoms with Crippen LogP contribution in [0.3, 0.4) is 0 Å². The van der Waals surface area contributed by atoms with Crippen LogP contribution in [0, 0.1) is 0 Å². The molecule has 128 valence electrons. The van der Waals surface area contributed by atoms with Gasteiger partial charge in [0.15, 0.2) is 0 Å². The summed E-state index contributed by atoms with van der Waals surface area (Å²) in [5.74, 6) is -1.54. The molecule has 1 aromatic carbocycles. The van der Waals surface area contributed by atoms with Gasteiger partial charge in [-0.25, -0.2) is 0 Å². The Balaban J connectivity index is 3.36. The van der Waals surface area contributed by atoms with Crippen molar-refractivity contribution in [2.24, 2.45) is 0 Å². The van der Waals surface area contributed by atoms with Crippen molar-refractivity contribution in [1.29, 1.82) is 0 Å². The number of nitrogens with two attached hydrogens (primary N) is 1. The molecule has 1 rings (SSSR count). The second-order valence-corrected chi connectivity index (χ2v) is 9.40. The number of carbonyl (C=O) groups is 2. The molecule has 0 aliphatic carbocycles. The Bertz CT molecular complexity index is 654. The predicted molar refractivity (Wildman–Crippen MR) is 80.7 cm³/mol. The standard InChI is InChI=1S/C13H19AsN2O7/c1-8(17)16-22-14(19,23-20)9-6-5-7-10(15)11(9)12(18)21-13(2,3)4/h5-7,20H,15H2,1-4H3,(H,16,17). The van der Waals surface area contributed by atoms with Crippen molar-refractivity contribution in [3.05, 3.63) is 23.8 Å². The average Bonchev–Trinajstić information content (AvgIpc) is 2.42. The van der Waals surface area contributed by atoms with Crippen LogP contribution in [0.2, 0.25) is 0 Å². The van der Waals surface area contributed by atoms with Crippen LogP contribution < -0.4 is 15.6 Å². The van der Waals surface area contributed by atoms with Crippen LogP contribution in [-0.4, -0.2) is 36.9 Å². The van der Waals surface area contributed by atoms with Crippen molar-refractivity contribution in [3.8, 4) is 0 Å². The van der Waals surface area contributed by atoms with Crippen molar-refractivity contribution in [2.45, 2.75) is 33.3 Å². The average molecular weight is 390 g/mol. The molecule has 23 heavy (non-hydrogen) atoms.